The van der Waals surface area contributed by atoms with Crippen molar-refractivity contribution >= 4 is 38.8 Å². The van der Waals surface area contributed by atoms with Crippen LogP contribution in [0.5, 0.6) is 0 Å². The summed E-state index contributed by atoms with van der Waals surface area (Å²) in [7, 11) is 1.90. The van der Waals surface area contributed by atoms with Gasteiger partial charge in [-0.25, -0.2) is 9.37 Å². The number of rotatable bonds is 3. The average Bonchev–Trinajstić information content (AvgIpc) is 3.01. The summed E-state index contributed by atoms with van der Waals surface area (Å²) >= 11 is 5.17. The zero-order chi connectivity index (χ0) is 18.1. The molecule has 2 unspecified atom stereocenters. The molecule has 1 aliphatic heterocycles. The Morgan fingerprint density at radius 3 is 2.73 bits per heavy atom. The summed E-state index contributed by atoms with van der Waals surface area (Å²) in [5.41, 5.74) is 2.56. The van der Waals surface area contributed by atoms with Crippen LogP contribution in [0.15, 0.2) is 63.5 Å². The van der Waals surface area contributed by atoms with Crippen molar-refractivity contribution in [1.29, 1.82) is 0 Å². The number of likely N-dealkylation sites (N-methyl/N-ethyl adjacent to an activating group) is 1. The van der Waals surface area contributed by atoms with Crippen LogP contribution < -0.4 is 10.6 Å². The van der Waals surface area contributed by atoms with Crippen LogP contribution in [0, 0.1) is 5.82 Å². The normalized spacial score (nSPS) is 19.3. The van der Waals surface area contributed by atoms with Crippen molar-refractivity contribution in [1.82, 2.24) is 10.3 Å². The summed E-state index contributed by atoms with van der Waals surface area (Å²) in [5.74, 6) is 0.493. The van der Waals surface area contributed by atoms with Crippen LogP contribution in [-0.4, -0.2) is 23.9 Å². The molecular formula is C19H16BrFN4S. The van der Waals surface area contributed by atoms with Gasteiger partial charge in [0.05, 0.1) is 5.71 Å². The van der Waals surface area contributed by atoms with Crippen LogP contribution in [0.3, 0.4) is 0 Å². The minimum Gasteiger partial charge on any atom is -0.352 e. The van der Waals surface area contributed by atoms with Crippen molar-refractivity contribution in [2.24, 2.45) is 4.99 Å². The first-order valence-corrected chi connectivity index (χ1v) is 9.80. The Balaban J connectivity index is 1.90. The molecule has 0 radical (unpaired) electrons. The van der Waals surface area contributed by atoms with Crippen LogP contribution in [0.4, 0.5) is 10.2 Å². The van der Waals surface area contributed by atoms with Crippen molar-refractivity contribution in [3.63, 3.8) is 0 Å². The molecule has 0 amide bonds. The number of anilines is 1. The number of fused-ring (bicyclic) bond motifs is 1. The van der Waals surface area contributed by atoms with E-state index in [-0.39, 0.29) is 18.0 Å². The highest BCUT2D eigenvalue weighted by Gasteiger charge is 2.29. The number of aliphatic imine (C=N–C) groups is 1. The number of benzene rings is 1. The number of pyridine rings is 1. The largest absolute Gasteiger partial charge is 0.352 e. The van der Waals surface area contributed by atoms with E-state index in [4.69, 9.17) is 4.99 Å². The van der Waals surface area contributed by atoms with Gasteiger partial charge in [-0.3, -0.25) is 10.3 Å². The quantitative estimate of drug-likeness (QED) is 0.638. The third-order valence-electron chi connectivity index (χ3n) is 4.25. The summed E-state index contributed by atoms with van der Waals surface area (Å²) in [4.78, 5) is 10.7. The van der Waals surface area contributed by atoms with E-state index in [9.17, 15) is 4.39 Å². The number of aromatic nitrogens is 1. The third-order valence-corrected chi connectivity index (χ3v) is 6.01. The minimum atomic E-state index is -0.264. The second-order valence-corrected chi connectivity index (χ2v) is 7.77. The molecule has 4 rings (SSSR count). The molecule has 0 bridgehead atoms. The van der Waals surface area contributed by atoms with Gasteiger partial charge in [-0.1, -0.05) is 0 Å². The molecule has 2 aromatic heterocycles. The van der Waals surface area contributed by atoms with Gasteiger partial charge in [-0.15, -0.1) is 11.3 Å². The molecule has 1 aliphatic rings. The maximum absolute atomic E-state index is 13.4. The first kappa shape index (κ1) is 17.3. The molecule has 4 nitrogen and oxygen atoms in total. The number of hydrogen-bond donors (Lipinski definition) is 2. The molecule has 0 saturated heterocycles. The van der Waals surface area contributed by atoms with Crippen molar-refractivity contribution in [3.05, 3.63) is 80.3 Å². The maximum Gasteiger partial charge on any atom is 0.136 e. The Morgan fingerprint density at radius 1 is 1.23 bits per heavy atom. The van der Waals surface area contributed by atoms with E-state index in [0.29, 0.717) is 0 Å². The number of nitrogens with zero attached hydrogens (tertiary/aromatic N) is 2. The molecule has 1 aromatic carbocycles. The van der Waals surface area contributed by atoms with Crippen LogP contribution >= 0.6 is 27.3 Å². The lowest BCUT2D eigenvalue weighted by atomic mass is 10.0. The maximum atomic E-state index is 13.4. The first-order valence-electron chi connectivity index (χ1n) is 8.12. The zero-order valence-corrected chi connectivity index (χ0v) is 16.3. The van der Waals surface area contributed by atoms with E-state index >= 15 is 0 Å². The Morgan fingerprint density at radius 2 is 2.04 bits per heavy atom. The van der Waals surface area contributed by atoms with E-state index in [1.54, 1.807) is 29.7 Å². The molecule has 0 spiro atoms. The van der Waals surface area contributed by atoms with Crippen molar-refractivity contribution in [2.45, 2.75) is 12.2 Å². The fourth-order valence-corrected chi connectivity index (χ4v) is 4.52. The SMILES string of the molecule is CNC1Nc2ncccc2C(c2ccc(F)cc2)=NC1c1cc(Br)cs1. The molecular weight excluding hydrogens is 415 g/mol. The predicted octanol–water partition coefficient (Wildman–Crippen LogP) is 4.59. The highest BCUT2D eigenvalue weighted by molar-refractivity contribution is 9.10. The molecule has 3 aromatic rings. The predicted molar refractivity (Wildman–Crippen MR) is 108 cm³/mol. The smallest absolute Gasteiger partial charge is 0.136 e. The van der Waals surface area contributed by atoms with E-state index in [1.807, 2.05) is 24.6 Å². The van der Waals surface area contributed by atoms with Crippen LogP contribution in [0.2, 0.25) is 0 Å². The minimum absolute atomic E-state index is 0.118. The van der Waals surface area contributed by atoms with Crippen LogP contribution in [0.25, 0.3) is 0 Å². The standard InChI is InChI=1S/C19H16BrFN4S/c1-22-19-17(15-9-12(20)10-26-15)24-16(11-4-6-13(21)7-5-11)14-3-2-8-23-18(14)25-19/h2-10,17,19,22H,1H3,(H,23,25). The first-order chi connectivity index (χ1) is 12.7. The highest BCUT2D eigenvalue weighted by Crippen LogP contribution is 2.34. The van der Waals surface area contributed by atoms with Gasteiger partial charge in [-0.2, -0.15) is 0 Å². The molecule has 0 saturated carbocycles. The Hall–Kier alpha value is -2.09. The number of nitrogens with one attached hydrogen (secondary N) is 2. The van der Waals surface area contributed by atoms with Crippen LogP contribution in [-0.2, 0) is 0 Å². The second kappa shape index (κ2) is 7.26. The van der Waals surface area contributed by atoms with E-state index in [1.165, 1.54) is 12.1 Å². The number of thiophene rings is 1. The van der Waals surface area contributed by atoms with Gasteiger partial charge in [0.1, 0.15) is 23.8 Å². The summed E-state index contributed by atoms with van der Waals surface area (Å²) in [6.45, 7) is 0. The average molecular weight is 431 g/mol. The van der Waals surface area contributed by atoms with E-state index in [0.717, 1.165) is 32.0 Å². The number of hydrogen-bond acceptors (Lipinski definition) is 5. The van der Waals surface area contributed by atoms with Gasteiger partial charge in [-0.05, 0) is 65.4 Å². The van der Waals surface area contributed by atoms with Gasteiger partial charge in [0.15, 0.2) is 0 Å². The second-order valence-electron chi connectivity index (χ2n) is 5.91. The van der Waals surface area contributed by atoms with Crippen molar-refractivity contribution < 1.29 is 4.39 Å². The van der Waals surface area contributed by atoms with Gasteiger partial charge in [0, 0.05) is 32.1 Å². The topological polar surface area (TPSA) is 49.3 Å². The summed E-state index contributed by atoms with van der Waals surface area (Å²) in [6.07, 6.45) is 1.63. The Bertz CT molecular complexity index is 954. The third kappa shape index (κ3) is 3.30. The van der Waals surface area contributed by atoms with Crippen molar-refractivity contribution in [3.8, 4) is 0 Å². The molecule has 2 N–H and O–H groups in total. The summed E-state index contributed by atoms with van der Waals surface area (Å²) in [5, 5.41) is 8.80. The monoisotopic (exact) mass is 430 g/mol. The Labute approximate surface area is 163 Å². The summed E-state index contributed by atoms with van der Waals surface area (Å²) < 4.78 is 14.4. The number of halogens is 2. The molecule has 0 aliphatic carbocycles. The molecule has 2 atom stereocenters. The molecule has 3 heterocycles. The lowest BCUT2D eigenvalue weighted by Gasteiger charge is -2.23. The summed E-state index contributed by atoms with van der Waals surface area (Å²) in [6, 6.07) is 12.2. The van der Waals surface area contributed by atoms with E-state index in [2.05, 4.69) is 37.6 Å². The molecule has 7 heteroatoms. The highest BCUT2D eigenvalue weighted by atomic mass is 79.9. The lowest BCUT2D eigenvalue weighted by Crippen LogP contribution is -2.38. The Kier molecular flexibility index (Phi) is 4.84. The molecule has 132 valence electrons. The van der Waals surface area contributed by atoms with Crippen LogP contribution in [0.1, 0.15) is 22.0 Å². The fraction of sp³-hybridized carbons (Fsp3) is 0.158. The zero-order valence-electron chi connectivity index (χ0n) is 13.9. The fourth-order valence-electron chi connectivity index (χ4n) is 3.00. The van der Waals surface area contributed by atoms with Gasteiger partial charge in [0.2, 0.25) is 0 Å². The van der Waals surface area contributed by atoms with Gasteiger partial charge in [0.25, 0.3) is 0 Å². The van der Waals surface area contributed by atoms with Gasteiger partial charge >= 0.3 is 0 Å². The van der Waals surface area contributed by atoms with Crippen molar-refractivity contribution in [2.75, 3.05) is 12.4 Å². The molecule has 0 fully saturated rings. The van der Waals surface area contributed by atoms with Gasteiger partial charge < -0.3 is 5.32 Å². The lowest BCUT2D eigenvalue weighted by molar-refractivity contribution is 0.528. The van der Waals surface area contributed by atoms with E-state index < -0.39 is 0 Å². The molecule has 26 heavy (non-hydrogen) atoms.